The Hall–Kier alpha value is -1.02. The van der Waals surface area contributed by atoms with Gasteiger partial charge in [0.2, 0.25) is 0 Å². The molecule has 0 radical (unpaired) electrons. The molecule has 0 unspecified atom stereocenters. The second-order valence-corrected chi connectivity index (χ2v) is 5.68. The minimum atomic E-state index is 0.157. The highest BCUT2D eigenvalue weighted by molar-refractivity contribution is 5.39. The van der Waals surface area contributed by atoms with Gasteiger partial charge in [-0.25, -0.2) is 0 Å². The standard InChI is InChI=1S/C16H26O2/c1-6-7-10-18-12-13-11-14(16(2,3)4)8-9-15(13)17-5/h8-9,11H,6-7,10,12H2,1-5H3. The molecule has 2 heteroatoms. The summed E-state index contributed by atoms with van der Waals surface area (Å²) in [5.74, 6) is 0.916. The van der Waals surface area contributed by atoms with E-state index in [1.54, 1.807) is 7.11 Å². The Morgan fingerprint density at radius 3 is 2.44 bits per heavy atom. The lowest BCUT2D eigenvalue weighted by Crippen LogP contribution is -2.12. The van der Waals surface area contributed by atoms with Gasteiger partial charge in [0, 0.05) is 12.2 Å². The lowest BCUT2D eigenvalue weighted by atomic mass is 9.86. The molecule has 102 valence electrons. The fraction of sp³-hybridized carbons (Fsp3) is 0.625. The van der Waals surface area contributed by atoms with E-state index in [-0.39, 0.29) is 5.41 Å². The Morgan fingerprint density at radius 1 is 1.17 bits per heavy atom. The average molecular weight is 250 g/mol. The number of rotatable bonds is 6. The van der Waals surface area contributed by atoms with E-state index in [0.29, 0.717) is 6.61 Å². The van der Waals surface area contributed by atoms with Crippen LogP contribution in [0, 0.1) is 0 Å². The third-order valence-electron chi connectivity index (χ3n) is 3.05. The van der Waals surface area contributed by atoms with Crippen molar-refractivity contribution in [3.8, 4) is 5.75 Å². The van der Waals surface area contributed by atoms with E-state index in [1.165, 1.54) is 12.0 Å². The van der Waals surface area contributed by atoms with Crippen molar-refractivity contribution in [2.24, 2.45) is 0 Å². The molecule has 0 saturated carbocycles. The van der Waals surface area contributed by atoms with Gasteiger partial charge in [0.15, 0.2) is 0 Å². The van der Waals surface area contributed by atoms with Gasteiger partial charge in [-0.2, -0.15) is 0 Å². The minimum Gasteiger partial charge on any atom is -0.496 e. The van der Waals surface area contributed by atoms with Crippen molar-refractivity contribution in [2.45, 2.75) is 52.6 Å². The Balaban J connectivity index is 2.79. The van der Waals surface area contributed by atoms with Crippen LogP contribution in [0.25, 0.3) is 0 Å². The molecule has 1 aromatic carbocycles. The van der Waals surface area contributed by atoms with Crippen LogP contribution in [0.4, 0.5) is 0 Å². The van der Waals surface area contributed by atoms with Crippen molar-refractivity contribution in [2.75, 3.05) is 13.7 Å². The molecule has 0 heterocycles. The monoisotopic (exact) mass is 250 g/mol. The van der Waals surface area contributed by atoms with Crippen LogP contribution in [0.1, 0.15) is 51.7 Å². The molecule has 0 fully saturated rings. The van der Waals surface area contributed by atoms with Crippen LogP contribution in [-0.4, -0.2) is 13.7 Å². The van der Waals surface area contributed by atoms with Crippen molar-refractivity contribution in [3.05, 3.63) is 29.3 Å². The van der Waals surface area contributed by atoms with Crippen molar-refractivity contribution in [1.82, 2.24) is 0 Å². The third kappa shape index (κ3) is 4.34. The van der Waals surface area contributed by atoms with Crippen molar-refractivity contribution in [1.29, 1.82) is 0 Å². The fourth-order valence-corrected chi connectivity index (χ4v) is 1.79. The smallest absolute Gasteiger partial charge is 0.124 e. The summed E-state index contributed by atoms with van der Waals surface area (Å²) in [6.45, 7) is 10.3. The zero-order valence-corrected chi connectivity index (χ0v) is 12.4. The lowest BCUT2D eigenvalue weighted by molar-refractivity contribution is 0.116. The van der Waals surface area contributed by atoms with Crippen LogP contribution in [0.3, 0.4) is 0 Å². The van der Waals surface area contributed by atoms with E-state index >= 15 is 0 Å². The predicted octanol–water partition coefficient (Wildman–Crippen LogP) is 4.31. The number of benzene rings is 1. The van der Waals surface area contributed by atoms with Crippen LogP contribution in [0.15, 0.2) is 18.2 Å². The van der Waals surface area contributed by atoms with Gasteiger partial charge in [0.05, 0.1) is 13.7 Å². The summed E-state index contributed by atoms with van der Waals surface area (Å²) in [6.07, 6.45) is 2.28. The van der Waals surface area contributed by atoms with Gasteiger partial charge in [0.1, 0.15) is 5.75 Å². The van der Waals surface area contributed by atoms with E-state index in [2.05, 4.69) is 39.8 Å². The Bertz CT molecular complexity index is 364. The maximum Gasteiger partial charge on any atom is 0.124 e. The van der Waals surface area contributed by atoms with Gasteiger partial charge < -0.3 is 9.47 Å². The van der Waals surface area contributed by atoms with Gasteiger partial charge in [-0.1, -0.05) is 40.2 Å². The van der Waals surface area contributed by atoms with Crippen molar-refractivity contribution in [3.63, 3.8) is 0 Å². The third-order valence-corrected chi connectivity index (χ3v) is 3.05. The number of unbranched alkanes of at least 4 members (excludes halogenated alkanes) is 1. The molecule has 0 aliphatic carbocycles. The summed E-state index contributed by atoms with van der Waals surface area (Å²) < 4.78 is 11.1. The molecule has 18 heavy (non-hydrogen) atoms. The van der Waals surface area contributed by atoms with Gasteiger partial charge in [0.25, 0.3) is 0 Å². The number of hydrogen-bond acceptors (Lipinski definition) is 2. The van der Waals surface area contributed by atoms with Crippen LogP contribution in [0.2, 0.25) is 0 Å². The molecule has 0 atom stereocenters. The SMILES string of the molecule is CCCCOCc1cc(C(C)(C)C)ccc1OC. The van der Waals surface area contributed by atoms with Crippen LogP contribution in [-0.2, 0) is 16.8 Å². The number of methoxy groups -OCH3 is 1. The van der Waals surface area contributed by atoms with E-state index in [0.717, 1.165) is 24.3 Å². The van der Waals surface area contributed by atoms with Crippen molar-refractivity contribution < 1.29 is 9.47 Å². The summed E-state index contributed by atoms with van der Waals surface area (Å²) >= 11 is 0. The summed E-state index contributed by atoms with van der Waals surface area (Å²) in [5, 5.41) is 0. The molecule has 0 aliphatic rings. The van der Waals surface area contributed by atoms with E-state index in [4.69, 9.17) is 9.47 Å². The quantitative estimate of drug-likeness (QED) is 0.700. The molecule has 0 N–H and O–H groups in total. The first kappa shape index (κ1) is 15.0. The maximum atomic E-state index is 5.69. The molecule has 0 saturated heterocycles. The van der Waals surface area contributed by atoms with Gasteiger partial charge in [-0.3, -0.25) is 0 Å². The molecule has 2 nitrogen and oxygen atoms in total. The first-order valence-electron chi connectivity index (χ1n) is 6.74. The molecule has 0 aromatic heterocycles. The molecule has 0 amide bonds. The molecule has 0 bridgehead atoms. The van der Waals surface area contributed by atoms with Gasteiger partial charge in [-0.05, 0) is 29.5 Å². The second-order valence-electron chi connectivity index (χ2n) is 5.68. The normalized spacial score (nSPS) is 11.6. The number of hydrogen-bond donors (Lipinski definition) is 0. The highest BCUT2D eigenvalue weighted by Gasteiger charge is 2.15. The van der Waals surface area contributed by atoms with Crippen LogP contribution >= 0.6 is 0 Å². The van der Waals surface area contributed by atoms with Gasteiger partial charge >= 0.3 is 0 Å². The highest BCUT2D eigenvalue weighted by Crippen LogP contribution is 2.28. The Labute approximate surface area is 111 Å². The zero-order valence-electron chi connectivity index (χ0n) is 12.4. The van der Waals surface area contributed by atoms with Crippen LogP contribution in [0.5, 0.6) is 5.75 Å². The topological polar surface area (TPSA) is 18.5 Å². The fourth-order valence-electron chi connectivity index (χ4n) is 1.79. The van der Waals surface area contributed by atoms with E-state index < -0.39 is 0 Å². The Kier molecular flexibility index (Phi) is 5.67. The summed E-state index contributed by atoms with van der Waals surface area (Å²) in [6, 6.07) is 6.37. The first-order chi connectivity index (χ1) is 8.49. The molecule has 1 rings (SSSR count). The predicted molar refractivity (Wildman–Crippen MR) is 76.3 cm³/mol. The lowest BCUT2D eigenvalue weighted by Gasteiger charge is -2.21. The summed E-state index contributed by atoms with van der Waals surface area (Å²) in [7, 11) is 1.71. The largest absolute Gasteiger partial charge is 0.496 e. The van der Waals surface area contributed by atoms with Crippen molar-refractivity contribution >= 4 is 0 Å². The maximum absolute atomic E-state index is 5.69. The molecular formula is C16H26O2. The second kappa shape index (κ2) is 6.79. The molecule has 0 aliphatic heterocycles. The first-order valence-corrected chi connectivity index (χ1v) is 6.74. The minimum absolute atomic E-state index is 0.157. The summed E-state index contributed by atoms with van der Waals surface area (Å²) in [4.78, 5) is 0. The summed E-state index contributed by atoms with van der Waals surface area (Å²) in [5.41, 5.74) is 2.61. The molecule has 0 spiro atoms. The van der Waals surface area contributed by atoms with Gasteiger partial charge in [-0.15, -0.1) is 0 Å². The Morgan fingerprint density at radius 2 is 1.89 bits per heavy atom. The highest BCUT2D eigenvalue weighted by atomic mass is 16.5. The van der Waals surface area contributed by atoms with E-state index in [1.807, 2.05) is 6.07 Å². The average Bonchev–Trinajstić information content (AvgIpc) is 2.33. The zero-order chi connectivity index (χ0) is 13.6. The molecular weight excluding hydrogens is 224 g/mol. The van der Waals surface area contributed by atoms with E-state index in [9.17, 15) is 0 Å². The van der Waals surface area contributed by atoms with Crippen LogP contribution < -0.4 is 4.74 Å². The molecule has 1 aromatic rings. The number of ether oxygens (including phenoxy) is 2.